The van der Waals surface area contributed by atoms with Gasteiger partial charge in [0.05, 0.1) is 0 Å². The fourth-order valence-electron chi connectivity index (χ4n) is 0. The van der Waals surface area contributed by atoms with Crippen molar-refractivity contribution in [1.82, 2.24) is 0 Å². The predicted molar refractivity (Wildman–Crippen MR) is 25.3 cm³/mol. The van der Waals surface area contributed by atoms with E-state index in [-0.39, 0.29) is 128 Å². The molecule has 14 N–H and O–H groups in total. The maximum atomic E-state index is 0. The second-order valence-electron chi connectivity index (χ2n) is 0. The van der Waals surface area contributed by atoms with Gasteiger partial charge in [-0.25, -0.2) is 0 Å². The molecule has 11 heteroatoms. The van der Waals surface area contributed by atoms with E-state index in [9.17, 15) is 0 Å². The normalized spacial score (nSPS) is 0. The molecule has 0 saturated heterocycles. The van der Waals surface area contributed by atoms with Gasteiger partial charge in [-0.1, -0.05) is 0 Å². The Bertz CT molecular complexity index is 10.4. The monoisotopic (exact) mass is 554 g/mol. The van der Waals surface area contributed by atoms with Gasteiger partial charge >= 0.3 is 0 Å². The maximum Gasteiger partial charge on any atom is 0 e. The second-order valence-corrected chi connectivity index (χ2v) is 0. The summed E-state index contributed by atoms with van der Waals surface area (Å²) >= 11 is 0. The molecule has 0 fully saturated rings. The fraction of sp³-hybridized carbons (Fsp3) is 0. The molecule has 100 valence electrons. The summed E-state index contributed by atoms with van der Waals surface area (Å²) in [6.45, 7) is 0. The zero-order chi connectivity index (χ0) is 0. The molecular weight excluding hydrogens is 543 g/mol. The zero-order valence-electron chi connectivity index (χ0n) is 4.71. The third-order valence-electron chi connectivity index (χ3n) is 0. The summed E-state index contributed by atoms with van der Waals surface area (Å²) in [6, 6.07) is 0. The molecule has 0 unspecified atom stereocenters. The van der Waals surface area contributed by atoms with Crippen LogP contribution in [0.1, 0.15) is 0 Å². The van der Waals surface area contributed by atoms with Crippen molar-refractivity contribution in [2.75, 3.05) is 0 Å². The molecule has 0 aliphatic carbocycles. The maximum absolute atomic E-state index is 0. The molecule has 11 heavy (non-hydrogen) atoms. The predicted octanol–water partition coefficient (Wildman–Crippen LogP) is -5.78. The van der Waals surface area contributed by atoms with Crippen molar-refractivity contribution in [2.45, 2.75) is 0 Å². The Kier molecular flexibility index (Phi) is 6700. The fourth-order valence-corrected chi connectivity index (χ4v) is 0. The Hall–Kier alpha value is 2.68. The van der Waals surface area contributed by atoms with Crippen molar-refractivity contribution in [1.29, 1.82) is 0 Å². The molecule has 7 nitrogen and oxygen atoms in total. The Labute approximate surface area is 126 Å². The van der Waals surface area contributed by atoms with Crippen molar-refractivity contribution in [3.63, 3.8) is 0 Å². The van der Waals surface area contributed by atoms with Gasteiger partial charge in [-0.05, 0) is 0 Å². The third-order valence-corrected chi connectivity index (χ3v) is 0. The number of rotatable bonds is 0. The van der Waals surface area contributed by atoms with E-state index in [1.807, 2.05) is 0 Å². The first kappa shape index (κ1) is 306. The van der Waals surface area contributed by atoms with E-state index < -0.39 is 0 Å². The van der Waals surface area contributed by atoms with E-state index in [2.05, 4.69) is 0 Å². The van der Waals surface area contributed by atoms with Crippen molar-refractivity contribution in [3.8, 4) is 0 Å². The topological polar surface area (TPSA) is 220 Å². The van der Waals surface area contributed by atoms with Crippen molar-refractivity contribution in [3.05, 3.63) is 0 Å². The minimum absolute atomic E-state index is 0. The third kappa shape index (κ3) is 201. The van der Waals surface area contributed by atoms with E-state index >= 15 is 0 Å². The van der Waals surface area contributed by atoms with Gasteiger partial charge in [0.15, 0.2) is 0 Å². The quantitative estimate of drug-likeness (QED) is 0.254. The molecule has 0 aliphatic heterocycles. The van der Waals surface area contributed by atoms with Crippen LogP contribution in [0, 0.1) is 0 Å². The molecule has 0 aromatic heterocycles. The first-order valence-corrected chi connectivity index (χ1v) is 0. The van der Waals surface area contributed by atoms with Crippen LogP contribution >= 0.6 is 0 Å². The number of hydrogen-bond acceptors (Lipinski definition) is 0. The molecule has 0 spiro atoms. The molecule has 0 aromatic rings. The van der Waals surface area contributed by atoms with Crippen LogP contribution in [0.2, 0.25) is 0 Å². The zero-order valence-corrected chi connectivity index (χ0v) is 10.6. The van der Waals surface area contributed by atoms with E-state index in [4.69, 9.17) is 0 Å². The van der Waals surface area contributed by atoms with Crippen LogP contribution in [0.4, 0.5) is 0 Å². The van der Waals surface area contributed by atoms with Crippen molar-refractivity contribution < 1.29 is 128 Å². The van der Waals surface area contributed by atoms with Gasteiger partial charge in [0.2, 0.25) is 0 Å². The van der Waals surface area contributed by atoms with Crippen LogP contribution in [0.3, 0.4) is 0 Å². The second kappa shape index (κ2) is 241. The minimum atomic E-state index is 0. The van der Waals surface area contributed by atoms with Gasteiger partial charge in [0, 0.05) is 89.5 Å². The van der Waals surface area contributed by atoms with E-state index in [0.717, 1.165) is 0 Å². The van der Waals surface area contributed by atoms with Crippen LogP contribution < -0.4 is 0 Å². The molecule has 0 atom stereocenters. The summed E-state index contributed by atoms with van der Waals surface area (Å²) in [5.74, 6) is 0. The van der Waals surface area contributed by atoms with Gasteiger partial charge in [-0.15, -0.1) is 0 Å². The molecule has 0 rings (SSSR count). The Morgan fingerprint density at radius 1 is 0.182 bits per heavy atom. The van der Waals surface area contributed by atoms with Crippen LogP contribution in [0.15, 0.2) is 0 Å². The SMILES string of the molecule is O.O.O.O.O.O.O.[Ag].[Ag].[Ag].[Ag]. The van der Waals surface area contributed by atoms with Gasteiger partial charge < -0.3 is 38.3 Å². The smallest absolute Gasteiger partial charge is 0 e. The van der Waals surface area contributed by atoms with Crippen LogP contribution in [0.5, 0.6) is 0 Å². The Morgan fingerprint density at radius 2 is 0.182 bits per heavy atom. The Balaban J connectivity index is 0. The standard InChI is InChI=1S/4Ag.7H2O/h;;;;7*1H2. The largest absolute Gasteiger partial charge is 0.412 e. The van der Waals surface area contributed by atoms with Gasteiger partial charge in [0.25, 0.3) is 0 Å². The molecule has 0 heterocycles. The molecule has 0 bridgehead atoms. The summed E-state index contributed by atoms with van der Waals surface area (Å²) in [7, 11) is 0. The number of hydrogen-bond donors (Lipinski definition) is 0. The van der Waals surface area contributed by atoms with Crippen molar-refractivity contribution >= 4 is 0 Å². The van der Waals surface area contributed by atoms with Crippen LogP contribution in [-0.4, -0.2) is 38.3 Å². The van der Waals surface area contributed by atoms with E-state index in [0.29, 0.717) is 0 Å². The first-order valence-electron chi connectivity index (χ1n) is 0. The van der Waals surface area contributed by atoms with E-state index in [1.165, 1.54) is 0 Å². The average Bonchev–Trinajstić information content (AvgIpc) is 0. The van der Waals surface area contributed by atoms with Crippen molar-refractivity contribution in [2.24, 2.45) is 0 Å². The minimum Gasteiger partial charge on any atom is -0.412 e. The first-order chi connectivity index (χ1) is 0. The van der Waals surface area contributed by atoms with Crippen LogP contribution in [-0.2, 0) is 89.5 Å². The molecule has 0 aromatic carbocycles. The van der Waals surface area contributed by atoms with Gasteiger partial charge in [-0.2, -0.15) is 0 Å². The molecule has 0 amide bonds. The molecule has 0 saturated carbocycles. The molecule has 4 radical (unpaired) electrons. The summed E-state index contributed by atoms with van der Waals surface area (Å²) in [6.07, 6.45) is 0. The summed E-state index contributed by atoms with van der Waals surface area (Å²) in [5, 5.41) is 0. The molecule has 0 aliphatic rings. The summed E-state index contributed by atoms with van der Waals surface area (Å²) in [5.41, 5.74) is 0. The molecular formula is H14Ag4O7. The summed E-state index contributed by atoms with van der Waals surface area (Å²) < 4.78 is 0. The van der Waals surface area contributed by atoms with E-state index in [1.54, 1.807) is 0 Å². The summed E-state index contributed by atoms with van der Waals surface area (Å²) in [4.78, 5) is 0. The van der Waals surface area contributed by atoms with Gasteiger partial charge in [-0.3, -0.25) is 0 Å². The average molecular weight is 558 g/mol. The van der Waals surface area contributed by atoms with Crippen LogP contribution in [0.25, 0.3) is 0 Å². The van der Waals surface area contributed by atoms with Gasteiger partial charge in [0.1, 0.15) is 0 Å². The Morgan fingerprint density at radius 3 is 0.182 bits per heavy atom.